The molecular formula is C18H34O4. The summed E-state index contributed by atoms with van der Waals surface area (Å²) in [5, 5.41) is 28.0. The summed E-state index contributed by atoms with van der Waals surface area (Å²) in [6.07, 6.45) is 13.7. The number of aliphatic carboxylic acids is 1. The summed E-state index contributed by atoms with van der Waals surface area (Å²) in [6, 6.07) is 0. The first-order valence-electron chi connectivity index (χ1n) is 8.80. The van der Waals surface area contributed by atoms with Gasteiger partial charge in [0.2, 0.25) is 0 Å². The predicted octanol–water partition coefficient (Wildman–Crippen LogP) is 4.05. The molecule has 0 aliphatic heterocycles. The van der Waals surface area contributed by atoms with E-state index in [1.54, 1.807) is 6.08 Å². The molecule has 0 amide bonds. The summed E-state index contributed by atoms with van der Waals surface area (Å²) in [7, 11) is 0. The monoisotopic (exact) mass is 314 g/mol. The number of hydrogen-bond donors (Lipinski definition) is 3. The zero-order chi connectivity index (χ0) is 16.6. The van der Waals surface area contributed by atoms with Gasteiger partial charge in [0, 0.05) is 6.42 Å². The molecule has 0 radical (unpaired) electrons. The van der Waals surface area contributed by atoms with Crippen LogP contribution < -0.4 is 0 Å². The van der Waals surface area contributed by atoms with Crippen molar-refractivity contribution in [1.29, 1.82) is 0 Å². The molecule has 4 nitrogen and oxygen atoms in total. The van der Waals surface area contributed by atoms with E-state index in [-0.39, 0.29) is 12.5 Å². The van der Waals surface area contributed by atoms with Crippen molar-refractivity contribution >= 4 is 5.97 Å². The Kier molecular flexibility index (Phi) is 14.4. The van der Waals surface area contributed by atoms with Crippen molar-refractivity contribution in [3.05, 3.63) is 12.2 Å². The highest BCUT2D eigenvalue weighted by atomic mass is 16.4. The van der Waals surface area contributed by atoms with Crippen molar-refractivity contribution in [3.8, 4) is 0 Å². The molecule has 3 N–H and O–H groups in total. The molecule has 0 aliphatic carbocycles. The quantitative estimate of drug-likeness (QED) is 0.315. The van der Waals surface area contributed by atoms with E-state index in [9.17, 15) is 15.0 Å². The van der Waals surface area contributed by atoms with Crippen LogP contribution in [0, 0.1) is 0 Å². The fraction of sp³-hybridized carbons (Fsp3) is 0.833. The fourth-order valence-corrected chi connectivity index (χ4v) is 2.41. The topological polar surface area (TPSA) is 77.8 Å². The zero-order valence-electron chi connectivity index (χ0n) is 14.0. The molecule has 0 aliphatic rings. The molecule has 22 heavy (non-hydrogen) atoms. The van der Waals surface area contributed by atoms with Gasteiger partial charge in [0.05, 0.1) is 12.2 Å². The third-order valence-electron chi connectivity index (χ3n) is 3.80. The maximum atomic E-state index is 10.3. The molecule has 0 spiro atoms. The summed E-state index contributed by atoms with van der Waals surface area (Å²) >= 11 is 0. The van der Waals surface area contributed by atoms with Crippen molar-refractivity contribution < 1.29 is 20.1 Å². The Bertz CT molecular complexity index is 289. The SMILES string of the molecule is CCCCCC[C@H](O)CCCC/C=C\[C@H](O)CCCC(=O)O. The van der Waals surface area contributed by atoms with Crippen LogP contribution in [0.1, 0.15) is 84.0 Å². The molecule has 0 aromatic carbocycles. The van der Waals surface area contributed by atoms with Gasteiger partial charge in [-0.3, -0.25) is 4.79 Å². The third-order valence-corrected chi connectivity index (χ3v) is 3.80. The molecular weight excluding hydrogens is 280 g/mol. The molecule has 0 saturated carbocycles. The lowest BCUT2D eigenvalue weighted by atomic mass is 10.0. The minimum Gasteiger partial charge on any atom is -0.481 e. The van der Waals surface area contributed by atoms with Gasteiger partial charge in [-0.25, -0.2) is 0 Å². The van der Waals surface area contributed by atoms with Crippen LogP contribution in [0.3, 0.4) is 0 Å². The Morgan fingerprint density at radius 2 is 1.64 bits per heavy atom. The van der Waals surface area contributed by atoms with Gasteiger partial charge in [-0.05, 0) is 38.5 Å². The van der Waals surface area contributed by atoms with Crippen molar-refractivity contribution in [2.45, 2.75) is 96.2 Å². The normalized spacial score (nSPS) is 14.3. The summed E-state index contributed by atoms with van der Waals surface area (Å²) in [4.78, 5) is 10.3. The number of carboxylic acid groups (broad SMARTS) is 1. The largest absolute Gasteiger partial charge is 0.481 e. The molecule has 4 heteroatoms. The number of carbonyl (C=O) groups is 1. The first kappa shape index (κ1) is 21.1. The van der Waals surface area contributed by atoms with E-state index in [0.29, 0.717) is 12.8 Å². The molecule has 0 fully saturated rings. The van der Waals surface area contributed by atoms with Crippen molar-refractivity contribution in [1.82, 2.24) is 0 Å². The van der Waals surface area contributed by atoms with Gasteiger partial charge in [-0.2, -0.15) is 0 Å². The lowest BCUT2D eigenvalue weighted by molar-refractivity contribution is -0.137. The van der Waals surface area contributed by atoms with Crippen LogP contribution in [0.2, 0.25) is 0 Å². The Morgan fingerprint density at radius 1 is 0.955 bits per heavy atom. The first-order valence-corrected chi connectivity index (χ1v) is 8.80. The van der Waals surface area contributed by atoms with Crippen LogP contribution in [0.15, 0.2) is 12.2 Å². The number of unbranched alkanes of at least 4 members (excludes halogenated alkanes) is 5. The highest BCUT2D eigenvalue weighted by molar-refractivity contribution is 5.66. The van der Waals surface area contributed by atoms with Gasteiger partial charge in [-0.15, -0.1) is 0 Å². The summed E-state index contributed by atoms with van der Waals surface area (Å²) in [5.41, 5.74) is 0. The van der Waals surface area contributed by atoms with Gasteiger partial charge < -0.3 is 15.3 Å². The number of aliphatic hydroxyl groups is 2. The molecule has 0 aromatic heterocycles. The lowest BCUT2D eigenvalue weighted by Gasteiger charge is -2.09. The van der Waals surface area contributed by atoms with E-state index in [1.807, 2.05) is 6.08 Å². The van der Waals surface area contributed by atoms with Crippen molar-refractivity contribution in [2.24, 2.45) is 0 Å². The minimum absolute atomic E-state index is 0.112. The van der Waals surface area contributed by atoms with Gasteiger partial charge >= 0.3 is 5.97 Å². The predicted molar refractivity (Wildman–Crippen MR) is 89.9 cm³/mol. The van der Waals surface area contributed by atoms with Crippen LogP contribution >= 0.6 is 0 Å². The number of rotatable bonds is 15. The van der Waals surface area contributed by atoms with Gasteiger partial charge in [0.15, 0.2) is 0 Å². The lowest BCUT2D eigenvalue weighted by Crippen LogP contribution is -2.06. The van der Waals surface area contributed by atoms with Crippen LogP contribution in [0.5, 0.6) is 0 Å². The molecule has 0 unspecified atom stereocenters. The van der Waals surface area contributed by atoms with Gasteiger partial charge in [0.1, 0.15) is 0 Å². The van der Waals surface area contributed by atoms with E-state index in [4.69, 9.17) is 5.11 Å². The number of aliphatic hydroxyl groups excluding tert-OH is 2. The first-order chi connectivity index (χ1) is 10.6. The minimum atomic E-state index is -0.815. The van der Waals surface area contributed by atoms with E-state index in [0.717, 1.165) is 38.5 Å². The highest BCUT2D eigenvalue weighted by Crippen LogP contribution is 2.12. The Morgan fingerprint density at radius 3 is 2.27 bits per heavy atom. The average Bonchev–Trinajstić information content (AvgIpc) is 2.47. The second-order valence-electron chi connectivity index (χ2n) is 6.07. The van der Waals surface area contributed by atoms with Crippen LogP contribution in [0.4, 0.5) is 0 Å². The fourth-order valence-electron chi connectivity index (χ4n) is 2.41. The van der Waals surface area contributed by atoms with Crippen LogP contribution in [-0.2, 0) is 4.79 Å². The van der Waals surface area contributed by atoms with E-state index < -0.39 is 12.1 Å². The Balaban J connectivity index is 3.43. The maximum Gasteiger partial charge on any atom is 0.303 e. The Hall–Kier alpha value is -0.870. The number of hydrogen-bond acceptors (Lipinski definition) is 3. The zero-order valence-corrected chi connectivity index (χ0v) is 14.0. The summed E-state index contributed by atoms with van der Waals surface area (Å²) in [5.74, 6) is -0.815. The summed E-state index contributed by atoms with van der Waals surface area (Å²) in [6.45, 7) is 2.19. The second-order valence-corrected chi connectivity index (χ2v) is 6.07. The van der Waals surface area contributed by atoms with Crippen LogP contribution in [0.25, 0.3) is 0 Å². The van der Waals surface area contributed by atoms with Crippen molar-refractivity contribution in [3.63, 3.8) is 0 Å². The standard InChI is InChI=1S/C18H34O4/c1-2-3-4-7-11-16(19)12-8-5-6-9-13-17(20)14-10-15-18(21)22/h9,13,16-17,19-20H,2-8,10-12,14-15H2,1H3,(H,21,22)/b13-9-/t16-,17-/m0/s1. The molecule has 130 valence electrons. The molecule has 2 atom stereocenters. The van der Waals surface area contributed by atoms with E-state index in [2.05, 4.69) is 6.92 Å². The van der Waals surface area contributed by atoms with Crippen LogP contribution in [-0.4, -0.2) is 33.5 Å². The number of carboxylic acids is 1. The van der Waals surface area contributed by atoms with E-state index in [1.165, 1.54) is 19.3 Å². The molecule has 0 saturated heterocycles. The van der Waals surface area contributed by atoms with Gasteiger partial charge in [-0.1, -0.05) is 51.2 Å². The average molecular weight is 314 g/mol. The summed E-state index contributed by atoms with van der Waals surface area (Å²) < 4.78 is 0. The second kappa shape index (κ2) is 15.0. The van der Waals surface area contributed by atoms with Crippen molar-refractivity contribution in [2.75, 3.05) is 0 Å². The smallest absolute Gasteiger partial charge is 0.303 e. The Labute approximate surface area is 135 Å². The maximum absolute atomic E-state index is 10.3. The molecule has 0 aromatic rings. The molecule has 0 heterocycles. The van der Waals surface area contributed by atoms with E-state index >= 15 is 0 Å². The molecule has 0 rings (SSSR count). The number of allylic oxidation sites excluding steroid dienone is 1. The molecule has 0 bridgehead atoms. The highest BCUT2D eigenvalue weighted by Gasteiger charge is 2.04. The third kappa shape index (κ3) is 15.5. The van der Waals surface area contributed by atoms with Gasteiger partial charge in [0.25, 0.3) is 0 Å².